The van der Waals surface area contributed by atoms with E-state index >= 15 is 0 Å². The van der Waals surface area contributed by atoms with Crippen LogP contribution in [0.3, 0.4) is 0 Å². The zero-order valence-electron chi connectivity index (χ0n) is 13.2. The maximum Gasteiger partial charge on any atom is 0.245 e. The number of methoxy groups -OCH3 is 1. The Morgan fingerprint density at radius 1 is 1.50 bits per heavy atom. The molecular weight excluding hydrogens is 300 g/mol. The van der Waals surface area contributed by atoms with Crippen LogP contribution in [0, 0.1) is 0 Å². The standard InChI is InChI=1S/C12H16O2S.C4H4N2O/c1-9(2)8-10-6-5-7-11(14-3)12(10)15(4)13;7-4-1-3-2-5-6(3)4/h5-8H,1-4H3;2-3H,1H2. The summed E-state index contributed by atoms with van der Waals surface area (Å²) in [5, 5.41) is 5.18. The highest BCUT2D eigenvalue weighted by molar-refractivity contribution is 7.90. The van der Waals surface area contributed by atoms with Crippen LogP contribution in [0.15, 0.2) is 33.8 Å². The van der Waals surface area contributed by atoms with Crippen LogP contribution < -0.4 is 4.74 Å². The lowest BCUT2D eigenvalue weighted by Crippen LogP contribution is -2.56. The first-order valence-electron chi connectivity index (χ1n) is 6.95. The van der Waals surface area contributed by atoms with Crippen molar-refractivity contribution in [2.24, 2.45) is 5.10 Å². The molecule has 0 aliphatic carbocycles. The van der Waals surface area contributed by atoms with E-state index in [0.717, 1.165) is 10.5 Å². The van der Waals surface area contributed by atoms with E-state index in [1.807, 2.05) is 38.1 Å². The van der Waals surface area contributed by atoms with Gasteiger partial charge in [-0.15, -0.1) is 0 Å². The number of allylic oxidation sites excluding steroid dienone is 1. The molecule has 5 nitrogen and oxygen atoms in total. The van der Waals surface area contributed by atoms with Crippen LogP contribution >= 0.6 is 0 Å². The minimum atomic E-state index is -1.04. The number of β-lactam (4-membered cyclic amide) rings is 1. The molecule has 0 N–H and O–H groups in total. The predicted molar refractivity (Wildman–Crippen MR) is 88.4 cm³/mol. The van der Waals surface area contributed by atoms with E-state index in [-0.39, 0.29) is 5.91 Å². The highest BCUT2D eigenvalue weighted by Crippen LogP contribution is 2.28. The van der Waals surface area contributed by atoms with Gasteiger partial charge in [0.2, 0.25) is 10.8 Å². The summed E-state index contributed by atoms with van der Waals surface area (Å²) >= 11 is -1.04. The third-order valence-corrected chi connectivity index (χ3v) is 4.29. The molecular formula is C16H20N2O3S. The molecule has 2 heterocycles. The van der Waals surface area contributed by atoms with E-state index < -0.39 is 11.2 Å². The number of carbonyl (C=O) groups excluding carboxylic acids is 1. The number of rotatable bonds is 3. The fraction of sp³-hybridized carbons (Fsp3) is 0.375. The largest absolute Gasteiger partial charge is 0.612 e. The van der Waals surface area contributed by atoms with Crippen molar-refractivity contribution in [3.63, 3.8) is 0 Å². The minimum Gasteiger partial charge on any atom is -0.612 e. The van der Waals surface area contributed by atoms with Crippen molar-refractivity contribution in [2.75, 3.05) is 13.4 Å². The Morgan fingerprint density at radius 3 is 2.55 bits per heavy atom. The van der Waals surface area contributed by atoms with Crippen molar-refractivity contribution in [3.8, 4) is 5.75 Å². The fourth-order valence-electron chi connectivity index (χ4n) is 2.20. The molecule has 2 atom stereocenters. The van der Waals surface area contributed by atoms with Crippen molar-refractivity contribution >= 4 is 29.4 Å². The average molecular weight is 320 g/mol. The second-order valence-electron chi connectivity index (χ2n) is 5.33. The van der Waals surface area contributed by atoms with E-state index in [9.17, 15) is 9.35 Å². The van der Waals surface area contributed by atoms with E-state index in [4.69, 9.17) is 4.74 Å². The Kier molecular flexibility index (Phi) is 5.26. The van der Waals surface area contributed by atoms with Crippen molar-refractivity contribution < 1.29 is 14.1 Å². The second kappa shape index (κ2) is 6.98. The van der Waals surface area contributed by atoms with Crippen LogP contribution in [0.1, 0.15) is 25.8 Å². The maximum atomic E-state index is 11.6. The summed E-state index contributed by atoms with van der Waals surface area (Å²) < 4.78 is 16.8. The highest BCUT2D eigenvalue weighted by atomic mass is 32.2. The highest BCUT2D eigenvalue weighted by Gasteiger charge is 2.40. The molecule has 1 fully saturated rings. The fourth-order valence-corrected chi connectivity index (χ4v) is 3.10. The molecule has 2 aliphatic rings. The van der Waals surface area contributed by atoms with Gasteiger partial charge in [0.05, 0.1) is 19.7 Å². The lowest BCUT2D eigenvalue weighted by atomic mass is 10.0. The van der Waals surface area contributed by atoms with E-state index in [1.165, 1.54) is 10.6 Å². The number of carbonyl (C=O) groups is 1. The molecule has 3 rings (SSSR count). The van der Waals surface area contributed by atoms with Gasteiger partial charge in [0, 0.05) is 5.56 Å². The summed E-state index contributed by atoms with van der Waals surface area (Å²) in [4.78, 5) is 11.1. The number of hydrazone groups is 1. The molecule has 0 spiro atoms. The number of hydrogen-bond acceptors (Lipinski definition) is 4. The molecule has 0 aromatic heterocycles. The Balaban J connectivity index is 0.000000205. The predicted octanol–water partition coefficient (Wildman–Crippen LogP) is 2.44. The van der Waals surface area contributed by atoms with Crippen LogP contribution in [-0.2, 0) is 16.0 Å². The van der Waals surface area contributed by atoms with Crippen molar-refractivity contribution in [3.05, 3.63) is 29.3 Å². The van der Waals surface area contributed by atoms with E-state index in [1.54, 1.807) is 19.6 Å². The molecule has 6 heteroatoms. The third kappa shape index (κ3) is 3.51. The Bertz CT molecular complexity index is 622. The average Bonchev–Trinajstić information content (AvgIpc) is 2.43. The molecule has 2 unspecified atom stereocenters. The summed E-state index contributed by atoms with van der Waals surface area (Å²) in [5.41, 5.74) is 2.14. The number of amides is 1. The van der Waals surface area contributed by atoms with Crippen LogP contribution in [0.25, 0.3) is 6.08 Å². The molecule has 1 aromatic rings. The molecule has 1 aromatic carbocycles. The van der Waals surface area contributed by atoms with Gasteiger partial charge in [-0.3, -0.25) is 4.79 Å². The molecule has 1 amide bonds. The van der Waals surface area contributed by atoms with Crippen molar-refractivity contribution in [1.29, 1.82) is 0 Å². The lowest BCUT2D eigenvalue weighted by Gasteiger charge is -2.39. The van der Waals surface area contributed by atoms with Gasteiger partial charge >= 0.3 is 0 Å². The monoisotopic (exact) mass is 320 g/mol. The van der Waals surface area contributed by atoms with Gasteiger partial charge in [0.15, 0.2) is 5.75 Å². The summed E-state index contributed by atoms with van der Waals surface area (Å²) in [6, 6.07) is 6.07. The number of nitrogens with zero attached hydrogens (tertiary/aromatic N) is 2. The summed E-state index contributed by atoms with van der Waals surface area (Å²) in [7, 11) is 1.60. The van der Waals surface area contributed by atoms with Gasteiger partial charge in [-0.1, -0.05) is 17.7 Å². The Hall–Kier alpha value is -1.79. The van der Waals surface area contributed by atoms with Crippen LogP contribution in [0.4, 0.5) is 0 Å². The first kappa shape index (κ1) is 16.6. The summed E-state index contributed by atoms with van der Waals surface area (Å²) in [5.74, 6) is 0.846. The molecule has 1 saturated heterocycles. The first-order chi connectivity index (χ1) is 10.4. The Labute approximate surface area is 133 Å². The van der Waals surface area contributed by atoms with Gasteiger partial charge in [-0.2, -0.15) is 5.10 Å². The van der Waals surface area contributed by atoms with Gasteiger partial charge < -0.3 is 9.29 Å². The zero-order chi connectivity index (χ0) is 16.3. The smallest absolute Gasteiger partial charge is 0.245 e. The van der Waals surface area contributed by atoms with Gasteiger partial charge in [0.25, 0.3) is 0 Å². The summed E-state index contributed by atoms with van der Waals surface area (Å²) in [6.45, 7) is 4.03. The van der Waals surface area contributed by atoms with Gasteiger partial charge in [-0.05, 0) is 37.2 Å². The SMILES string of the molecule is COc1cccc(C=C(C)C)c1[S+](C)[O-].O=C1CC2C=NN12. The number of benzene rings is 1. The van der Waals surface area contributed by atoms with Crippen LogP contribution in [-0.4, -0.2) is 41.1 Å². The first-order valence-corrected chi connectivity index (χ1v) is 8.51. The normalized spacial score (nSPS) is 19.0. The van der Waals surface area contributed by atoms with Crippen molar-refractivity contribution in [1.82, 2.24) is 5.01 Å². The van der Waals surface area contributed by atoms with Gasteiger partial charge in [-0.25, -0.2) is 5.01 Å². The lowest BCUT2D eigenvalue weighted by molar-refractivity contribution is -0.144. The molecule has 118 valence electrons. The number of ether oxygens (including phenoxy) is 1. The third-order valence-electron chi connectivity index (χ3n) is 3.28. The summed E-state index contributed by atoms with van der Waals surface area (Å²) in [6.07, 6.45) is 6.16. The zero-order valence-corrected chi connectivity index (χ0v) is 14.0. The molecule has 2 aliphatic heterocycles. The van der Waals surface area contributed by atoms with Crippen LogP contribution in [0.2, 0.25) is 0 Å². The second-order valence-corrected chi connectivity index (χ2v) is 6.65. The Morgan fingerprint density at radius 2 is 2.23 bits per heavy atom. The maximum absolute atomic E-state index is 11.6. The molecule has 0 saturated carbocycles. The number of fused-ring (bicyclic) bond motifs is 1. The number of hydrogen-bond donors (Lipinski definition) is 0. The van der Waals surface area contributed by atoms with E-state index in [0.29, 0.717) is 18.2 Å². The quantitative estimate of drug-likeness (QED) is 0.635. The molecule has 0 bridgehead atoms. The molecule has 0 radical (unpaired) electrons. The van der Waals surface area contributed by atoms with E-state index in [2.05, 4.69) is 5.10 Å². The minimum absolute atomic E-state index is 0.160. The van der Waals surface area contributed by atoms with Crippen molar-refractivity contribution in [2.45, 2.75) is 31.2 Å². The van der Waals surface area contributed by atoms with Gasteiger partial charge in [0.1, 0.15) is 12.3 Å². The van der Waals surface area contributed by atoms with Crippen LogP contribution in [0.5, 0.6) is 5.75 Å². The topological polar surface area (TPSA) is 65.0 Å². The molecule has 22 heavy (non-hydrogen) atoms.